The first-order valence-corrected chi connectivity index (χ1v) is 13.7. The van der Waals surface area contributed by atoms with Crippen LogP contribution in [0.2, 0.25) is 0 Å². The van der Waals surface area contributed by atoms with Gasteiger partial charge in [0.25, 0.3) is 5.91 Å². The van der Waals surface area contributed by atoms with Crippen molar-refractivity contribution in [2.24, 2.45) is 0 Å². The molecule has 0 N–H and O–H groups in total. The molecule has 0 aliphatic carbocycles. The summed E-state index contributed by atoms with van der Waals surface area (Å²) >= 11 is 0. The second-order valence-corrected chi connectivity index (χ2v) is 10.4. The maximum Gasteiger partial charge on any atom is 0.416 e. The van der Waals surface area contributed by atoms with Gasteiger partial charge in [-0.15, -0.1) is 0 Å². The van der Waals surface area contributed by atoms with Gasteiger partial charge in [0.15, 0.2) is 0 Å². The van der Waals surface area contributed by atoms with Crippen LogP contribution in [0.4, 0.5) is 26.3 Å². The Morgan fingerprint density at radius 1 is 0.884 bits per heavy atom. The van der Waals surface area contributed by atoms with Gasteiger partial charge in [0.1, 0.15) is 0 Å². The summed E-state index contributed by atoms with van der Waals surface area (Å²) in [6.07, 6.45) is -5.80. The summed E-state index contributed by atoms with van der Waals surface area (Å²) in [5, 5.41) is 2.10. The molecule has 43 heavy (non-hydrogen) atoms. The van der Waals surface area contributed by atoms with Crippen LogP contribution < -0.4 is 0 Å². The predicted octanol–water partition coefficient (Wildman–Crippen LogP) is 7.08. The number of carbonyl (C=O) groups excluding carboxylic acids is 1. The molecule has 0 bridgehead atoms. The zero-order chi connectivity index (χ0) is 30.6. The minimum atomic E-state index is -5.05. The second kappa shape index (κ2) is 12.5. The van der Waals surface area contributed by atoms with E-state index in [1.54, 1.807) is 18.5 Å². The van der Waals surface area contributed by atoms with Crippen LogP contribution in [0.3, 0.4) is 0 Å². The van der Waals surface area contributed by atoms with Gasteiger partial charge in [-0.2, -0.15) is 26.3 Å². The van der Waals surface area contributed by atoms with Crippen LogP contribution in [0.1, 0.15) is 39.0 Å². The standard InChI is InChI=1S/C33H27F6N3O/c34-32(35,36)27-18-26(19-28(20-27)33(37,38)39)31(43)42-17-16-41(15-5-7-23-6-4-14-40-21-23)22-29(42)13-12-25-10-3-9-24-8-1-2-11-30(24)25/h1-4,6,8-11,14,18-21,29H,12-13,15-17,22H2/t29-/m1/s1. The van der Waals surface area contributed by atoms with E-state index in [-0.39, 0.29) is 12.6 Å². The Labute approximate surface area is 244 Å². The highest BCUT2D eigenvalue weighted by Gasteiger charge is 2.39. The van der Waals surface area contributed by atoms with E-state index in [2.05, 4.69) is 16.8 Å². The van der Waals surface area contributed by atoms with Crippen molar-refractivity contribution >= 4 is 16.7 Å². The Morgan fingerprint density at radius 2 is 1.60 bits per heavy atom. The number of pyridine rings is 1. The molecule has 0 unspecified atom stereocenters. The molecule has 1 fully saturated rings. The molecule has 1 saturated heterocycles. The molecule has 1 aliphatic rings. The van der Waals surface area contributed by atoms with Gasteiger partial charge < -0.3 is 4.90 Å². The molecule has 4 aromatic rings. The lowest BCUT2D eigenvalue weighted by atomic mass is 9.96. The minimum Gasteiger partial charge on any atom is -0.333 e. The van der Waals surface area contributed by atoms with Crippen molar-refractivity contribution in [2.45, 2.75) is 31.2 Å². The van der Waals surface area contributed by atoms with Gasteiger partial charge >= 0.3 is 12.4 Å². The molecule has 1 atom stereocenters. The molecular weight excluding hydrogens is 568 g/mol. The van der Waals surface area contributed by atoms with E-state index in [4.69, 9.17) is 0 Å². The number of hydrogen-bond donors (Lipinski definition) is 0. The second-order valence-electron chi connectivity index (χ2n) is 10.4. The van der Waals surface area contributed by atoms with Gasteiger partial charge in [-0.1, -0.05) is 54.3 Å². The number of rotatable bonds is 5. The summed E-state index contributed by atoms with van der Waals surface area (Å²) in [6, 6.07) is 17.9. The van der Waals surface area contributed by atoms with Gasteiger partial charge in [-0.05, 0) is 59.5 Å². The molecule has 4 nitrogen and oxygen atoms in total. The lowest BCUT2D eigenvalue weighted by Gasteiger charge is -2.41. The normalized spacial score (nSPS) is 16.1. The molecule has 0 spiro atoms. The van der Waals surface area contributed by atoms with Gasteiger partial charge in [-0.25, -0.2) is 0 Å². The number of halogens is 6. The van der Waals surface area contributed by atoms with Crippen LogP contribution in [-0.4, -0.2) is 52.9 Å². The first-order valence-electron chi connectivity index (χ1n) is 13.7. The van der Waals surface area contributed by atoms with Crippen molar-refractivity contribution in [2.75, 3.05) is 26.2 Å². The average molecular weight is 596 g/mol. The monoisotopic (exact) mass is 595 g/mol. The summed E-state index contributed by atoms with van der Waals surface area (Å²) in [7, 11) is 0. The molecule has 1 amide bonds. The highest BCUT2D eigenvalue weighted by Crippen LogP contribution is 2.37. The Morgan fingerprint density at radius 3 is 2.30 bits per heavy atom. The van der Waals surface area contributed by atoms with Crippen LogP contribution >= 0.6 is 0 Å². The summed E-state index contributed by atoms with van der Waals surface area (Å²) < 4.78 is 81.2. The Hall–Kier alpha value is -4.36. The fraction of sp³-hybridized carbons (Fsp3) is 0.273. The van der Waals surface area contributed by atoms with Crippen molar-refractivity contribution in [3.8, 4) is 11.8 Å². The highest BCUT2D eigenvalue weighted by molar-refractivity contribution is 5.95. The number of amides is 1. The van der Waals surface area contributed by atoms with E-state index in [0.717, 1.165) is 21.9 Å². The molecule has 5 rings (SSSR count). The Kier molecular flexibility index (Phi) is 8.74. The van der Waals surface area contributed by atoms with Gasteiger partial charge in [0.05, 0.1) is 17.7 Å². The first-order chi connectivity index (χ1) is 20.5. The fourth-order valence-corrected chi connectivity index (χ4v) is 5.34. The number of aryl methyl sites for hydroxylation is 1. The Bertz CT molecular complexity index is 1620. The predicted molar refractivity (Wildman–Crippen MR) is 151 cm³/mol. The molecule has 222 valence electrons. The van der Waals surface area contributed by atoms with Crippen molar-refractivity contribution in [3.63, 3.8) is 0 Å². The molecule has 1 aliphatic heterocycles. The van der Waals surface area contributed by atoms with Crippen LogP contribution in [0, 0.1) is 11.8 Å². The van der Waals surface area contributed by atoms with E-state index < -0.39 is 41.0 Å². The third-order valence-corrected chi connectivity index (χ3v) is 7.49. The number of piperazine rings is 1. The SMILES string of the molecule is O=C(c1cc(C(F)(F)F)cc(C(F)(F)F)c1)N1CCN(CC#Cc2cccnc2)C[C@H]1CCc1cccc2ccccc12. The molecular formula is C33H27F6N3O. The van der Waals surface area contributed by atoms with E-state index >= 15 is 0 Å². The minimum absolute atomic E-state index is 0.0354. The maximum atomic E-state index is 13.6. The summed E-state index contributed by atoms with van der Waals surface area (Å²) in [4.78, 5) is 21.1. The molecule has 0 saturated carbocycles. The maximum absolute atomic E-state index is 13.6. The zero-order valence-electron chi connectivity index (χ0n) is 22.9. The molecule has 2 heterocycles. The highest BCUT2D eigenvalue weighted by atomic mass is 19.4. The van der Waals surface area contributed by atoms with E-state index in [9.17, 15) is 31.1 Å². The summed E-state index contributed by atoms with van der Waals surface area (Å²) in [5.74, 6) is 5.27. The van der Waals surface area contributed by atoms with Gasteiger partial charge in [0, 0.05) is 49.2 Å². The van der Waals surface area contributed by atoms with Crippen LogP contribution in [0.5, 0.6) is 0 Å². The smallest absolute Gasteiger partial charge is 0.333 e. The number of hydrogen-bond acceptors (Lipinski definition) is 3. The third-order valence-electron chi connectivity index (χ3n) is 7.49. The largest absolute Gasteiger partial charge is 0.416 e. The van der Waals surface area contributed by atoms with Crippen LogP contribution in [0.25, 0.3) is 10.8 Å². The summed E-state index contributed by atoms with van der Waals surface area (Å²) in [6.45, 7) is 1.24. The van der Waals surface area contributed by atoms with E-state index in [0.29, 0.717) is 44.6 Å². The molecule has 3 aromatic carbocycles. The van der Waals surface area contributed by atoms with Crippen molar-refractivity contribution in [1.29, 1.82) is 0 Å². The van der Waals surface area contributed by atoms with Crippen LogP contribution in [-0.2, 0) is 18.8 Å². The number of aromatic nitrogens is 1. The lowest BCUT2D eigenvalue weighted by Crippen LogP contribution is -2.55. The number of nitrogens with zero attached hydrogens (tertiary/aromatic N) is 3. The zero-order valence-corrected chi connectivity index (χ0v) is 22.9. The van der Waals surface area contributed by atoms with Crippen molar-refractivity contribution in [3.05, 3.63) is 113 Å². The quantitative estimate of drug-likeness (QED) is 0.183. The van der Waals surface area contributed by atoms with E-state index in [1.807, 2.05) is 53.4 Å². The van der Waals surface area contributed by atoms with E-state index in [1.165, 1.54) is 4.90 Å². The summed E-state index contributed by atoms with van der Waals surface area (Å²) in [5.41, 5.74) is -1.88. The third kappa shape index (κ3) is 7.35. The van der Waals surface area contributed by atoms with Gasteiger partial charge in [0.2, 0.25) is 0 Å². The topological polar surface area (TPSA) is 36.4 Å². The number of carbonyl (C=O) groups is 1. The fourth-order valence-electron chi connectivity index (χ4n) is 5.34. The lowest BCUT2D eigenvalue weighted by molar-refractivity contribution is -0.143. The van der Waals surface area contributed by atoms with Crippen molar-refractivity contribution in [1.82, 2.24) is 14.8 Å². The molecule has 1 aromatic heterocycles. The number of alkyl halides is 6. The van der Waals surface area contributed by atoms with Gasteiger partial charge in [-0.3, -0.25) is 14.7 Å². The Balaban J connectivity index is 1.42. The number of benzene rings is 3. The van der Waals surface area contributed by atoms with Crippen molar-refractivity contribution < 1.29 is 31.1 Å². The average Bonchev–Trinajstić information content (AvgIpc) is 2.99. The van der Waals surface area contributed by atoms with Crippen LogP contribution in [0.15, 0.2) is 85.2 Å². The molecule has 0 radical (unpaired) electrons. The first kappa shape index (κ1) is 30.1. The number of fused-ring (bicyclic) bond motifs is 1. The molecule has 10 heteroatoms.